The van der Waals surface area contributed by atoms with Gasteiger partial charge in [-0.25, -0.2) is 9.69 Å². The van der Waals surface area contributed by atoms with Gasteiger partial charge in [0.05, 0.1) is 19.9 Å². The number of rotatable bonds is 4. The molecule has 0 saturated carbocycles. The van der Waals surface area contributed by atoms with E-state index in [4.69, 9.17) is 9.47 Å². The standard InChI is InChI=1S/C20H17BrN2O5/c1-11-7-16(27-2)17(28-3)9-12(11)8-15-18(24)22-20(26)23(19(15)25)14-6-4-5-13(21)10-14/h4-10H,1-3H3,(H,22,24,26)/b15-8+. The zero-order valence-electron chi connectivity index (χ0n) is 15.4. The fourth-order valence-electron chi connectivity index (χ4n) is 2.81. The van der Waals surface area contributed by atoms with Gasteiger partial charge in [-0.05, 0) is 54.5 Å². The molecule has 0 radical (unpaired) electrons. The first kappa shape index (κ1) is 19.6. The predicted octanol–water partition coefficient (Wildman–Crippen LogP) is 3.44. The second-order valence-corrected chi connectivity index (χ2v) is 6.92. The van der Waals surface area contributed by atoms with Gasteiger partial charge in [-0.1, -0.05) is 22.0 Å². The number of benzene rings is 2. The van der Waals surface area contributed by atoms with Crippen LogP contribution >= 0.6 is 15.9 Å². The predicted molar refractivity (Wildman–Crippen MR) is 107 cm³/mol. The van der Waals surface area contributed by atoms with Crippen molar-refractivity contribution in [1.82, 2.24) is 5.32 Å². The summed E-state index contributed by atoms with van der Waals surface area (Å²) in [5.74, 6) is -0.465. The quantitative estimate of drug-likeness (QED) is 0.576. The van der Waals surface area contributed by atoms with Crippen LogP contribution in [0.4, 0.5) is 10.5 Å². The zero-order chi connectivity index (χ0) is 20.4. The number of halogens is 1. The maximum absolute atomic E-state index is 13.0. The Morgan fingerprint density at radius 3 is 2.36 bits per heavy atom. The van der Waals surface area contributed by atoms with E-state index in [0.717, 1.165) is 10.5 Å². The zero-order valence-corrected chi connectivity index (χ0v) is 17.0. The first-order chi connectivity index (χ1) is 13.3. The van der Waals surface area contributed by atoms with Crippen LogP contribution in [0, 0.1) is 6.92 Å². The minimum Gasteiger partial charge on any atom is -0.493 e. The number of amides is 4. The van der Waals surface area contributed by atoms with E-state index in [1.54, 1.807) is 36.4 Å². The molecule has 2 aromatic rings. The van der Waals surface area contributed by atoms with Crippen LogP contribution in [0.15, 0.2) is 46.4 Å². The van der Waals surface area contributed by atoms with Gasteiger partial charge in [0.2, 0.25) is 0 Å². The molecule has 2 aromatic carbocycles. The molecule has 0 spiro atoms. The van der Waals surface area contributed by atoms with Crippen molar-refractivity contribution in [3.05, 3.63) is 57.6 Å². The number of carbonyl (C=O) groups excluding carboxylic acids is 3. The third-order valence-corrected chi connectivity index (χ3v) is 4.73. The minimum absolute atomic E-state index is 0.158. The molecular formula is C20H17BrN2O5. The highest BCUT2D eigenvalue weighted by atomic mass is 79.9. The third kappa shape index (κ3) is 3.63. The SMILES string of the molecule is COc1cc(C)c(/C=C2\C(=O)NC(=O)N(c3cccc(Br)c3)C2=O)cc1OC. The smallest absolute Gasteiger partial charge is 0.335 e. The maximum Gasteiger partial charge on any atom is 0.335 e. The third-order valence-electron chi connectivity index (χ3n) is 4.24. The topological polar surface area (TPSA) is 84.9 Å². The molecule has 8 heteroatoms. The van der Waals surface area contributed by atoms with Crippen LogP contribution < -0.4 is 19.7 Å². The Morgan fingerprint density at radius 2 is 1.71 bits per heavy atom. The van der Waals surface area contributed by atoms with Crippen LogP contribution in [0.5, 0.6) is 11.5 Å². The molecule has 3 rings (SSSR count). The van der Waals surface area contributed by atoms with E-state index in [0.29, 0.717) is 27.2 Å². The van der Waals surface area contributed by atoms with E-state index in [9.17, 15) is 14.4 Å². The first-order valence-corrected chi connectivity index (χ1v) is 9.04. The molecule has 0 aromatic heterocycles. The van der Waals surface area contributed by atoms with Gasteiger partial charge < -0.3 is 9.47 Å². The maximum atomic E-state index is 13.0. The number of nitrogens with one attached hydrogen (secondary N) is 1. The van der Waals surface area contributed by atoms with Gasteiger partial charge in [0, 0.05) is 4.47 Å². The number of ether oxygens (including phenoxy) is 2. The molecule has 1 fully saturated rings. The Labute approximate surface area is 170 Å². The van der Waals surface area contributed by atoms with Gasteiger partial charge in [-0.2, -0.15) is 0 Å². The largest absolute Gasteiger partial charge is 0.493 e. The van der Waals surface area contributed by atoms with Gasteiger partial charge in [0.25, 0.3) is 11.8 Å². The molecule has 144 valence electrons. The Morgan fingerprint density at radius 1 is 1.04 bits per heavy atom. The van der Waals surface area contributed by atoms with E-state index in [-0.39, 0.29) is 5.57 Å². The van der Waals surface area contributed by atoms with Crippen molar-refractivity contribution >= 4 is 45.5 Å². The summed E-state index contributed by atoms with van der Waals surface area (Å²) in [5.41, 5.74) is 1.56. The summed E-state index contributed by atoms with van der Waals surface area (Å²) in [6, 6.07) is 9.30. The molecular weight excluding hydrogens is 428 g/mol. The van der Waals surface area contributed by atoms with Crippen molar-refractivity contribution in [3.63, 3.8) is 0 Å². The highest BCUT2D eigenvalue weighted by molar-refractivity contribution is 9.10. The number of methoxy groups -OCH3 is 2. The van der Waals surface area contributed by atoms with Crippen LogP contribution in [0.2, 0.25) is 0 Å². The van der Waals surface area contributed by atoms with Crippen molar-refractivity contribution in [2.75, 3.05) is 19.1 Å². The van der Waals surface area contributed by atoms with Crippen LogP contribution in [0.3, 0.4) is 0 Å². The number of carbonyl (C=O) groups is 3. The molecule has 0 unspecified atom stereocenters. The molecule has 0 atom stereocenters. The first-order valence-electron chi connectivity index (χ1n) is 8.25. The summed E-state index contributed by atoms with van der Waals surface area (Å²) in [4.78, 5) is 38.5. The number of hydrogen-bond acceptors (Lipinski definition) is 5. The second-order valence-electron chi connectivity index (χ2n) is 6.00. The van der Waals surface area contributed by atoms with Crippen molar-refractivity contribution in [2.45, 2.75) is 6.92 Å². The van der Waals surface area contributed by atoms with E-state index < -0.39 is 17.8 Å². The minimum atomic E-state index is -0.797. The number of barbiturate groups is 1. The van der Waals surface area contributed by atoms with Gasteiger partial charge in [-0.3, -0.25) is 14.9 Å². The summed E-state index contributed by atoms with van der Waals surface area (Å²) in [7, 11) is 3.02. The molecule has 4 amide bonds. The lowest BCUT2D eigenvalue weighted by molar-refractivity contribution is -0.122. The highest BCUT2D eigenvalue weighted by Crippen LogP contribution is 2.32. The molecule has 7 nitrogen and oxygen atoms in total. The summed E-state index contributed by atoms with van der Waals surface area (Å²) >= 11 is 3.31. The number of nitrogens with zero attached hydrogens (tertiary/aromatic N) is 1. The van der Waals surface area contributed by atoms with E-state index >= 15 is 0 Å². The van der Waals surface area contributed by atoms with Crippen molar-refractivity contribution in [1.29, 1.82) is 0 Å². The average Bonchev–Trinajstić information content (AvgIpc) is 2.65. The van der Waals surface area contributed by atoms with Gasteiger partial charge in [0.1, 0.15) is 5.57 Å². The van der Waals surface area contributed by atoms with E-state index in [2.05, 4.69) is 21.2 Å². The Kier molecular flexibility index (Phi) is 5.51. The Bertz CT molecular complexity index is 1020. The Hall–Kier alpha value is -3.13. The number of hydrogen-bond donors (Lipinski definition) is 1. The van der Waals surface area contributed by atoms with E-state index in [1.165, 1.54) is 20.3 Å². The van der Waals surface area contributed by atoms with Gasteiger partial charge >= 0.3 is 6.03 Å². The molecule has 0 aliphatic carbocycles. The van der Waals surface area contributed by atoms with Crippen molar-refractivity contribution in [3.8, 4) is 11.5 Å². The fraction of sp³-hybridized carbons (Fsp3) is 0.150. The Balaban J connectivity index is 2.07. The number of aryl methyl sites for hydroxylation is 1. The van der Waals surface area contributed by atoms with Crippen LogP contribution in [0.1, 0.15) is 11.1 Å². The molecule has 28 heavy (non-hydrogen) atoms. The molecule has 0 bridgehead atoms. The van der Waals surface area contributed by atoms with Crippen LogP contribution in [-0.2, 0) is 9.59 Å². The monoisotopic (exact) mass is 444 g/mol. The molecule has 1 saturated heterocycles. The van der Waals surface area contributed by atoms with Crippen LogP contribution in [-0.4, -0.2) is 32.1 Å². The fourth-order valence-corrected chi connectivity index (χ4v) is 3.20. The second kappa shape index (κ2) is 7.85. The lowest BCUT2D eigenvalue weighted by Crippen LogP contribution is -2.54. The number of imide groups is 2. The number of anilines is 1. The number of urea groups is 1. The normalized spacial score (nSPS) is 15.6. The lowest BCUT2D eigenvalue weighted by Gasteiger charge is -2.26. The van der Waals surface area contributed by atoms with Gasteiger partial charge in [-0.15, -0.1) is 0 Å². The van der Waals surface area contributed by atoms with Crippen LogP contribution in [0.25, 0.3) is 6.08 Å². The molecule has 1 aliphatic rings. The van der Waals surface area contributed by atoms with Gasteiger partial charge in [0.15, 0.2) is 11.5 Å². The summed E-state index contributed by atoms with van der Waals surface area (Å²) in [6.07, 6.45) is 1.44. The molecule has 1 N–H and O–H groups in total. The van der Waals surface area contributed by atoms with Crippen molar-refractivity contribution < 1.29 is 23.9 Å². The lowest BCUT2D eigenvalue weighted by atomic mass is 10.0. The van der Waals surface area contributed by atoms with E-state index in [1.807, 2.05) is 6.92 Å². The molecule has 1 heterocycles. The highest BCUT2D eigenvalue weighted by Gasteiger charge is 2.37. The summed E-state index contributed by atoms with van der Waals surface area (Å²) < 4.78 is 11.2. The average molecular weight is 445 g/mol. The summed E-state index contributed by atoms with van der Waals surface area (Å²) in [5, 5.41) is 2.21. The molecule has 1 aliphatic heterocycles. The summed E-state index contributed by atoms with van der Waals surface area (Å²) in [6.45, 7) is 1.82. The van der Waals surface area contributed by atoms with Crippen molar-refractivity contribution in [2.24, 2.45) is 0 Å².